The molecule has 196 valence electrons. The summed E-state index contributed by atoms with van der Waals surface area (Å²) in [7, 11) is -4.65. The maximum atomic E-state index is 14.9. The van der Waals surface area contributed by atoms with Crippen molar-refractivity contribution in [3.05, 3.63) is 70.8 Å². The number of nitrogens with zero attached hydrogens (tertiary/aromatic N) is 1. The fourth-order valence-electron chi connectivity index (χ4n) is 4.07. The standard InChI is InChI=1S/C26H25ClF2N2O5S/c1-2-3-6-9-31-10-11-36-23-8-5-4-7-17(23)18-14-22(21(29)15-20(18)28)30-37(34,35)24-13-16(26(31)33)12-19(27)25(24)32/h4-5,7-8,12-15,30,32H,2-3,6,9-11H2,1H3. The average molecular weight is 551 g/mol. The highest BCUT2D eigenvalue weighted by molar-refractivity contribution is 7.92. The molecule has 7 nitrogen and oxygen atoms in total. The molecule has 0 atom stereocenters. The van der Waals surface area contributed by atoms with E-state index in [-0.39, 0.29) is 40.6 Å². The van der Waals surface area contributed by atoms with Crippen LogP contribution in [0.15, 0.2) is 53.4 Å². The number of unbranched alkanes of at least 4 members (excludes halogenated alkanes) is 2. The molecular weight excluding hydrogens is 526 g/mol. The van der Waals surface area contributed by atoms with Crippen molar-refractivity contribution in [2.24, 2.45) is 0 Å². The van der Waals surface area contributed by atoms with Crippen LogP contribution < -0.4 is 9.46 Å². The third-order valence-electron chi connectivity index (χ3n) is 5.98. The van der Waals surface area contributed by atoms with Crippen molar-refractivity contribution in [2.45, 2.75) is 31.1 Å². The van der Waals surface area contributed by atoms with Crippen molar-refractivity contribution in [2.75, 3.05) is 24.4 Å². The summed E-state index contributed by atoms with van der Waals surface area (Å²) in [5, 5.41) is 10.1. The highest BCUT2D eigenvalue weighted by Gasteiger charge is 2.27. The maximum absolute atomic E-state index is 14.9. The number of carbonyl (C=O) groups excluding carboxylic acids is 1. The Labute approximate surface area is 218 Å². The van der Waals surface area contributed by atoms with Gasteiger partial charge in [0.15, 0.2) is 5.75 Å². The van der Waals surface area contributed by atoms with Crippen LogP contribution in [-0.4, -0.2) is 44.0 Å². The Balaban J connectivity index is 1.90. The molecule has 37 heavy (non-hydrogen) atoms. The van der Waals surface area contributed by atoms with Gasteiger partial charge in [-0.05, 0) is 30.7 Å². The zero-order valence-corrected chi connectivity index (χ0v) is 21.5. The van der Waals surface area contributed by atoms with Gasteiger partial charge in [0.2, 0.25) is 0 Å². The van der Waals surface area contributed by atoms with Crippen molar-refractivity contribution in [3.63, 3.8) is 0 Å². The minimum absolute atomic E-state index is 0.0553. The van der Waals surface area contributed by atoms with E-state index in [1.807, 2.05) is 11.6 Å². The number of para-hydroxylation sites is 1. The van der Waals surface area contributed by atoms with E-state index in [0.29, 0.717) is 19.0 Å². The van der Waals surface area contributed by atoms with Crippen molar-refractivity contribution in [1.82, 2.24) is 4.90 Å². The first-order valence-electron chi connectivity index (χ1n) is 11.7. The highest BCUT2D eigenvalue weighted by Crippen LogP contribution is 2.37. The fraction of sp³-hybridized carbons (Fsp3) is 0.269. The van der Waals surface area contributed by atoms with Gasteiger partial charge in [0.25, 0.3) is 15.9 Å². The SMILES string of the molecule is CCCCCN1CCOc2ccccc2-c2cc(c(F)cc2F)NS(=O)(=O)c2cc(cc(Cl)c2O)C1=O. The molecule has 0 unspecified atom stereocenters. The quantitative estimate of drug-likeness (QED) is 0.399. The number of halogens is 3. The molecule has 3 aromatic carbocycles. The summed E-state index contributed by atoms with van der Waals surface area (Å²) in [6.07, 6.45) is 2.49. The second-order valence-corrected chi connectivity index (χ2v) is 10.6. The number of phenolic OH excluding ortho intramolecular Hbond substituents is 1. The van der Waals surface area contributed by atoms with Crippen LogP contribution in [0, 0.1) is 11.6 Å². The monoisotopic (exact) mass is 550 g/mol. The number of benzene rings is 3. The molecule has 11 heteroatoms. The fourth-order valence-corrected chi connectivity index (χ4v) is 5.54. The Kier molecular flexibility index (Phi) is 7.89. The average Bonchev–Trinajstić information content (AvgIpc) is 2.86. The molecule has 3 aromatic rings. The van der Waals surface area contributed by atoms with E-state index in [2.05, 4.69) is 0 Å². The number of phenols is 1. The number of amides is 1. The summed E-state index contributed by atoms with van der Waals surface area (Å²) in [4.78, 5) is 14.2. The van der Waals surface area contributed by atoms with Crippen LogP contribution in [0.3, 0.4) is 0 Å². The van der Waals surface area contributed by atoms with Gasteiger partial charge in [-0.2, -0.15) is 0 Å². The molecule has 0 saturated carbocycles. The van der Waals surface area contributed by atoms with Crippen LogP contribution >= 0.6 is 11.6 Å². The third kappa shape index (κ3) is 5.65. The summed E-state index contributed by atoms with van der Waals surface area (Å²) >= 11 is 6.09. The van der Waals surface area contributed by atoms with E-state index in [0.717, 1.165) is 25.0 Å². The predicted octanol–water partition coefficient (Wildman–Crippen LogP) is 5.82. The van der Waals surface area contributed by atoms with Crippen LogP contribution in [0.2, 0.25) is 5.02 Å². The second kappa shape index (κ2) is 10.9. The van der Waals surface area contributed by atoms with Gasteiger partial charge in [0.1, 0.15) is 28.9 Å². The largest absolute Gasteiger partial charge is 0.505 e. The third-order valence-corrected chi connectivity index (χ3v) is 7.65. The van der Waals surface area contributed by atoms with Crippen LogP contribution in [0.4, 0.5) is 14.5 Å². The predicted molar refractivity (Wildman–Crippen MR) is 137 cm³/mol. The molecule has 2 N–H and O–H groups in total. The number of fused-ring (bicyclic) bond motifs is 6. The molecule has 4 rings (SSSR count). The summed E-state index contributed by atoms with van der Waals surface area (Å²) < 4.78 is 64.0. The molecule has 1 heterocycles. The summed E-state index contributed by atoms with van der Waals surface area (Å²) in [5.41, 5.74) is -0.466. The molecular formula is C26H25ClF2N2O5S. The first-order valence-corrected chi connectivity index (χ1v) is 13.5. The van der Waals surface area contributed by atoms with E-state index in [1.165, 1.54) is 11.0 Å². The molecule has 1 amide bonds. The number of rotatable bonds is 4. The van der Waals surface area contributed by atoms with Crippen LogP contribution in [0.25, 0.3) is 11.1 Å². The Bertz CT molecular complexity index is 1450. The molecule has 0 aromatic heterocycles. The van der Waals surface area contributed by atoms with Crippen molar-refractivity contribution in [1.29, 1.82) is 0 Å². The summed E-state index contributed by atoms with van der Waals surface area (Å²) in [5.74, 6) is -3.14. The minimum Gasteiger partial charge on any atom is -0.505 e. The lowest BCUT2D eigenvalue weighted by atomic mass is 10.0. The van der Waals surface area contributed by atoms with Gasteiger partial charge in [-0.3, -0.25) is 9.52 Å². The number of ether oxygens (including phenoxy) is 1. The summed E-state index contributed by atoms with van der Waals surface area (Å²) in [6, 6.07) is 10.2. The van der Waals surface area contributed by atoms with Gasteiger partial charge in [-0.15, -0.1) is 0 Å². The van der Waals surface area contributed by atoms with E-state index in [9.17, 15) is 27.1 Å². The number of anilines is 1. The Hall–Kier alpha value is -3.37. The topological polar surface area (TPSA) is 95.9 Å². The van der Waals surface area contributed by atoms with E-state index < -0.39 is 43.9 Å². The second-order valence-electron chi connectivity index (χ2n) is 8.57. The minimum atomic E-state index is -4.65. The lowest BCUT2D eigenvalue weighted by Gasteiger charge is -2.24. The zero-order valence-electron chi connectivity index (χ0n) is 19.9. The molecule has 1 aliphatic heterocycles. The molecule has 0 saturated heterocycles. The molecule has 0 aliphatic carbocycles. The van der Waals surface area contributed by atoms with Gasteiger partial charge in [0.05, 0.1) is 17.3 Å². The first-order chi connectivity index (χ1) is 17.6. The smallest absolute Gasteiger partial charge is 0.265 e. The number of sulfonamides is 1. The van der Waals surface area contributed by atoms with Gasteiger partial charge >= 0.3 is 0 Å². The van der Waals surface area contributed by atoms with Gasteiger partial charge in [0, 0.05) is 29.3 Å². The van der Waals surface area contributed by atoms with Crippen LogP contribution in [-0.2, 0) is 10.0 Å². The maximum Gasteiger partial charge on any atom is 0.265 e. The summed E-state index contributed by atoms with van der Waals surface area (Å²) in [6.45, 7) is 2.60. The molecule has 0 fully saturated rings. The normalized spacial score (nSPS) is 15.1. The highest BCUT2D eigenvalue weighted by atomic mass is 35.5. The van der Waals surface area contributed by atoms with Crippen molar-refractivity contribution >= 4 is 33.2 Å². The molecule has 0 radical (unpaired) electrons. The number of nitrogens with one attached hydrogen (secondary N) is 1. The van der Waals surface area contributed by atoms with E-state index in [4.69, 9.17) is 16.3 Å². The van der Waals surface area contributed by atoms with Gasteiger partial charge in [-0.1, -0.05) is 49.6 Å². The van der Waals surface area contributed by atoms with Crippen molar-refractivity contribution < 1.29 is 31.8 Å². The number of carbonyl (C=O) groups is 1. The number of hydrogen-bond acceptors (Lipinski definition) is 5. The van der Waals surface area contributed by atoms with Gasteiger partial charge in [-0.25, -0.2) is 17.2 Å². The Morgan fingerprint density at radius 2 is 1.84 bits per heavy atom. The van der Waals surface area contributed by atoms with E-state index >= 15 is 0 Å². The molecule has 4 bridgehead atoms. The first kappa shape index (κ1) is 26.7. The number of hydrogen-bond donors (Lipinski definition) is 2. The Morgan fingerprint density at radius 3 is 2.59 bits per heavy atom. The van der Waals surface area contributed by atoms with Gasteiger partial charge < -0.3 is 14.7 Å². The zero-order chi connectivity index (χ0) is 26.7. The molecule has 0 spiro atoms. The number of aromatic hydroxyl groups is 1. The van der Waals surface area contributed by atoms with Crippen molar-refractivity contribution in [3.8, 4) is 22.6 Å². The van der Waals surface area contributed by atoms with Crippen LogP contribution in [0.1, 0.15) is 36.5 Å². The Morgan fingerprint density at radius 1 is 1.08 bits per heavy atom. The lowest BCUT2D eigenvalue weighted by molar-refractivity contribution is 0.0726. The molecule has 1 aliphatic rings. The van der Waals surface area contributed by atoms with Crippen LogP contribution in [0.5, 0.6) is 11.5 Å². The lowest BCUT2D eigenvalue weighted by Crippen LogP contribution is -2.35. The van der Waals surface area contributed by atoms with E-state index in [1.54, 1.807) is 24.3 Å².